The summed E-state index contributed by atoms with van der Waals surface area (Å²) < 4.78 is 18.8. The van der Waals surface area contributed by atoms with Gasteiger partial charge < -0.3 is 4.74 Å². The molecule has 1 heterocycles. The molecule has 0 N–H and O–H groups in total. The molecule has 1 aromatic rings. The quantitative estimate of drug-likeness (QED) is 0.820. The first-order valence-corrected chi connectivity index (χ1v) is 4.90. The van der Waals surface area contributed by atoms with Crippen LogP contribution in [-0.4, -0.2) is 11.6 Å². The van der Waals surface area contributed by atoms with Crippen molar-refractivity contribution >= 4 is 15.9 Å². The maximum Gasteiger partial charge on any atom is 0.228 e. The van der Waals surface area contributed by atoms with Crippen LogP contribution >= 0.6 is 15.9 Å². The smallest absolute Gasteiger partial charge is 0.228 e. The van der Waals surface area contributed by atoms with E-state index < -0.39 is 0 Å². The van der Waals surface area contributed by atoms with E-state index in [0.29, 0.717) is 22.7 Å². The number of aryl methyl sites for hydroxylation is 1. The van der Waals surface area contributed by atoms with Gasteiger partial charge in [-0.3, -0.25) is 0 Å². The van der Waals surface area contributed by atoms with E-state index in [1.54, 1.807) is 6.92 Å². The van der Waals surface area contributed by atoms with Crippen LogP contribution in [0.5, 0.6) is 5.88 Å². The molecular weight excluding hydrogens is 237 g/mol. The van der Waals surface area contributed by atoms with Gasteiger partial charge in [0.2, 0.25) is 5.88 Å². The topological polar surface area (TPSA) is 22.1 Å². The van der Waals surface area contributed by atoms with Crippen molar-refractivity contribution in [2.45, 2.75) is 20.3 Å². The SMILES string of the molecule is CCCOc1nc(C)c(F)cc1Br. The van der Waals surface area contributed by atoms with Crippen LogP contribution in [-0.2, 0) is 0 Å². The van der Waals surface area contributed by atoms with Crippen molar-refractivity contribution < 1.29 is 9.13 Å². The Bertz CT molecular complexity index is 304. The first-order valence-electron chi connectivity index (χ1n) is 4.10. The van der Waals surface area contributed by atoms with Crippen LogP contribution in [0.1, 0.15) is 19.0 Å². The fourth-order valence-electron chi connectivity index (χ4n) is 0.837. The molecule has 0 aliphatic heterocycles. The summed E-state index contributed by atoms with van der Waals surface area (Å²) in [6.45, 7) is 4.21. The van der Waals surface area contributed by atoms with Crippen molar-refractivity contribution in [1.82, 2.24) is 4.98 Å². The van der Waals surface area contributed by atoms with Gasteiger partial charge in [-0.15, -0.1) is 0 Å². The number of hydrogen-bond donors (Lipinski definition) is 0. The number of pyridine rings is 1. The van der Waals surface area contributed by atoms with E-state index in [1.807, 2.05) is 6.92 Å². The molecule has 0 atom stereocenters. The molecule has 0 saturated carbocycles. The normalized spacial score (nSPS) is 10.2. The molecule has 0 spiro atoms. The Morgan fingerprint density at radius 1 is 1.62 bits per heavy atom. The van der Waals surface area contributed by atoms with Gasteiger partial charge in [0.05, 0.1) is 16.8 Å². The standard InChI is InChI=1S/C9H11BrFNO/c1-3-4-13-9-7(10)5-8(11)6(2)12-9/h5H,3-4H2,1-2H3. The van der Waals surface area contributed by atoms with Gasteiger partial charge in [0, 0.05) is 0 Å². The Morgan fingerprint density at radius 2 is 2.31 bits per heavy atom. The second-order valence-corrected chi connectivity index (χ2v) is 3.55. The van der Waals surface area contributed by atoms with Crippen LogP contribution in [0, 0.1) is 12.7 Å². The highest BCUT2D eigenvalue weighted by Gasteiger charge is 2.07. The van der Waals surface area contributed by atoms with Crippen LogP contribution in [0.25, 0.3) is 0 Å². The highest BCUT2D eigenvalue weighted by Crippen LogP contribution is 2.24. The Kier molecular flexibility index (Phi) is 3.66. The minimum absolute atomic E-state index is 0.323. The number of hydrogen-bond acceptors (Lipinski definition) is 2. The summed E-state index contributed by atoms with van der Waals surface area (Å²) in [6.07, 6.45) is 0.907. The molecule has 0 radical (unpaired) electrons. The van der Waals surface area contributed by atoms with Gasteiger partial charge in [0.25, 0.3) is 0 Å². The molecule has 4 heteroatoms. The zero-order valence-corrected chi connectivity index (χ0v) is 9.19. The van der Waals surface area contributed by atoms with E-state index in [9.17, 15) is 4.39 Å². The number of aromatic nitrogens is 1. The average Bonchev–Trinajstić information content (AvgIpc) is 2.09. The van der Waals surface area contributed by atoms with E-state index in [-0.39, 0.29) is 5.82 Å². The Morgan fingerprint density at radius 3 is 2.92 bits per heavy atom. The maximum absolute atomic E-state index is 12.9. The number of ether oxygens (including phenoxy) is 1. The van der Waals surface area contributed by atoms with E-state index in [0.717, 1.165) is 6.42 Å². The predicted octanol–water partition coefficient (Wildman–Crippen LogP) is 3.08. The number of nitrogens with zero attached hydrogens (tertiary/aromatic N) is 1. The molecule has 0 aliphatic rings. The average molecular weight is 248 g/mol. The molecule has 13 heavy (non-hydrogen) atoms. The third kappa shape index (κ3) is 2.66. The van der Waals surface area contributed by atoms with Crippen LogP contribution in [0.3, 0.4) is 0 Å². The van der Waals surface area contributed by atoms with Crippen LogP contribution in [0.4, 0.5) is 4.39 Å². The molecule has 0 aliphatic carbocycles. The van der Waals surface area contributed by atoms with Gasteiger partial charge in [-0.05, 0) is 35.3 Å². The largest absolute Gasteiger partial charge is 0.477 e. The van der Waals surface area contributed by atoms with Crippen molar-refractivity contribution in [2.24, 2.45) is 0 Å². The van der Waals surface area contributed by atoms with Gasteiger partial charge in [-0.1, -0.05) is 6.92 Å². The van der Waals surface area contributed by atoms with E-state index in [1.165, 1.54) is 6.07 Å². The van der Waals surface area contributed by atoms with E-state index >= 15 is 0 Å². The zero-order chi connectivity index (χ0) is 9.84. The summed E-state index contributed by atoms with van der Waals surface area (Å²) in [4.78, 5) is 3.97. The van der Waals surface area contributed by atoms with Gasteiger partial charge >= 0.3 is 0 Å². The first kappa shape index (κ1) is 10.4. The lowest BCUT2D eigenvalue weighted by molar-refractivity contribution is 0.301. The van der Waals surface area contributed by atoms with E-state index in [4.69, 9.17) is 4.74 Å². The second-order valence-electron chi connectivity index (χ2n) is 2.69. The van der Waals surface area contributed by atoms with Gasteiger partial charge in [-0.2, -0.15) is 0 Å². The highest BCUT2D eigenvalue weighted by atomic mass is 79.9. The lowest BCUT2D eigenvalue weighted by atomic mass is 10.3. The lowest BCUT2D eigenvalue weighted by Gasteiger charge is -2.06. The van der Waals surface area contributed by atoms with Crippen LogP contribution in [0.15, 0.2) is 10.5 Å². The van der Waals surface area contributed by atoms with Crippen molar-refractivity contribution in [1.29, 1.82) is 0 Å². The molecular formula is C9H11BrFNO. The van der Waals surface area contributed by atoms with E-state index in [2.05, 4.69) is 20.9 Å². The van der Waals surface area contributed by atoms with Gasteiger partial charge in [-0.25, -0.2) is 9.37 Å². The lowest BCUT2D eigenvalue weighted by Crippen LogP contribution is -2.00. The zero-order valence-electron chi connectivity index (χ0n) is 7.60. The summed E-state index contributed by atoms with van der Waals surface area (Å²) in [5.41, 5.74) is 0.356. The summed E-state index contributed by atoms with van der Waals surface area (Å²) in [7, 11) is 0. The maximum atomic E-state index is 12.9. The van der Waals surface area contributed by atoms with Crippen LogP contribution in [0.2, 0.25) is 0 Å². The third-order valence-electron chi connectivity index (χ3n) is 1.52. The molecule has 2 nitrogen and oxygen atoms in total. The summed E-state index contributed by atoms with van der Waals surface area (Å²) in [6, 6.07) is 1.37. The Balaban J connectivity index is 2.88. The summed E-state index contributed by atoms with van der Waals surface area (Å²) in [5, 5.41) is 0. The fourth-order valence-corrected chi connectivity index (χ4v) is 1.24. The summed E-state index contributed by atoms with van der Waals surface area (Å²) >= 11 is 3.18. The minimum Gasteiger partial charge on any atom is -0.477 e. The molecule has 72 valence electrons. The molecule has 0 unspecified atom stereocenters. The van der Waals surface area contributed by atoms with Gasteiger partial charge in [0.1, 0.15) is 5.82 Å². The molecule has 0 amide bonds. The second kappa shape index (κ2) is 4.56. The predicted molar refractivity (Wildman–Crippen MR) is 52.4 cm³/mol. The third-order valence-corrected chi connectivity index (χ3v) is 2.08. The molecule has 0 fully saturated rings. The first-order chi connectivity index (χ1) is 6.15. The molecule has 1 rings (SSSR count). The molecule has 1 aromatic heterocycles. The Hall–Kier alpha value is -0.640. The molecule has 0 aromatic carbocycles. The minimum atomic E-state index is -0.323. The van der Waals surface area contributed by atoms with Crippen molar-refractivity contribution in [3.05, 3.63) is 22.1 Å². The Labute approximate surface area is 85.3 Å². The molecule has 0 saturated heterocycles. The number of rotatable bonds is 3. The molecule has 0 bridgehead atoms. The van der Waals surface area contributed by atoms with Crippen molar-refractivity contribution in [3.8, 4) is 5.88 Å². The van der Waals surface area contributed by atoms with Crippen molar-refractivity contribution in [2.75, 3.05) is 6.61 Å². The van der Waals surface area contributed by atoms with Crippen LogP contribution < -0.4 is 4.74 Å². The monoisotopic (exact) mass is 247 g/mol. The number of halogens is 2. The van der Waals surface area contributed by atoms with Gasteiger partial charge in [0.15, 0.2) is 0 Å². The van der Waals surface area contributed by atoms with Crippen molar-refractivity contribution in [3.63, 3.8) is 0 Å². The summed E-state index contributed by atoms with van der Waals surface area (Å²) in [5.74, 6) is 0.136. The highest BCUT2D eigenvalue weighted by molar-refractivity contribution is 9.10. The fraction of sp³-hybridized carbons (Fsp3) is 0.444.